The van der Waals surface area contributed by atoms with E-state index in [2.05, 4.69) is 144 Å². The van der Waals surface area contributed by atoms with E-state index in [-0.39, 0.29) is 0 Å². The van der Waals surface area contributed by atoms with E-state index in [1.165, 1.54) is 43.8 Å². The smallest absolute Gasteiger partial charge is 0.0992 e. The van der Waals surface area contributed by atoms with Crippen LogP contribution in [0.25, 0.3) is 61.0 Å². The van der Waals surface area contributed by atoms with Gasteiger partial charge < -0.3 is 4.57 Å². The second-order valence-electron chi connectivity index (χ2n) is 9.03. The summed E-state index contributed by atoms with van der Waals surface area (Å²) in [6, 6.07) is 36.9. The van der Waals surface area contributed by atoms with Crippen LogP contribution in [0.3, 0.4) is 0 Å². The lowest BCUT2D eigenvalue weighted by molar-refractivity contribution is 1.30. The van der Waals surface area contributed by atoms with Gasteiger partial charge in [-0.1, -0.05) is 102 Å². The molecule has 0 saturated heterocycles. The van der Waals surface area contributed by atoms with Crippen molar-refractivity contribution < 1.29 is 0 Å². The average molecular weight is 469 g/mol. The third-order valence-corrected chi connectivity index (χ3v) is 6.70. The summed E-state index contributed by atoms with van der Waals surface area (Å²) in [4.78, 5) is 0. The summed E-state index contributed by atoms with van der Waals surface area (Å²) in [6.45, 7) is 2.13. The summed E-state index contributed by atoms with van der Waals surface area (Å²) in [5.74, 6) is 2.31. The summed E-state index contributed by atoms with van der Waals surface area (Å²) in [5, 5.41) is 4.76. The first-order valence-corrected chi connectivity index (χ1v) is 12.2. The lowest BCUT2D eigenvalue weighted by atomic mass is 9.97. The number of terminal acetylenes is 1. The van der Waals surface area contributed by atoms with E-state index in [0.717, 1.165) is 16.6 Å². The summed E-state index contributed by atoms with van der Waals surface area (Å²) in [7, 11) is 0. The highest BCUT2D eigenvalue weighted by molar-refractivity contribution is 6.19. The lowest BCUT2D eigenvalue weighted by Crippen LogP contribution is -1.87. The van der Waals surface area contributed by atoms with Crippen molar-refractivity contribution in [2.45, 2.75) is 6.92 Å². The molecule has 1 aromatic heterocycles. The molecule has 0 amide bonds. The Morgan fingerprint density at radius 1 is 0.649 bits per heavy atom. The van der Waals surface area contributed by atoms with Gasteiger partial charge in [0.1, 0.15) is 0 Å². The van der Waals surface area contributed by atoms with Crippen molar-refractivity contribution in [1.29, 1.82) is 0 Å². The van der Waals surface area contributed by atoms with Gasteiger partial charge >= 0.3 is 0 Å². The van der Waals surface area contributed by atoms with Gasteiger partial charge in [-0.05, 0) is 63.9 Å². The third-order valence-electron chi connectivity index (χ3n) is 6.70. The maximum atomic E-state index is 5.24. The Balaban J connectivity index is 1.61. The van der Waals surface area contributed by atoms with Crippen molar-refractivity contribution in [3.63, 3.8) is 0 Å². The van der Waals surface area contributed by atoms with Crippen LogP contribution in [0, 0.1) is 25.3 Å². The Morgan fingerprint density at radius 2 is 1.38 bits per heavy atom. The fraction of sp³-hybridized carbons (Fsp3) is 0.0278. The van der Waals surface area contributed by atoms with Crippen molar-refractivity contribution >= 4 is 38.8 Å². The first-order valence-electron chi connectivity index (χ1n) is 12.2. The molecule has 6 rings (SSSR count). The van der Waals surface area contributed by atoms with Gasteiger partial charge in [-0.3, -0.25) is 0 Å². The van der Waals surface area contributed by atoms with Crippen LogP contribution >= 0.6 is 0 Å². The molecule has 0 N–H and O–H groups in total. The Hall–Kier alpha value is -5.20. The van der Waals surface area contributed by atoms with Crippen LogP contribution in [0.4, 0.5) is 0 Å². The minimum absolute atomic E-state index is 1.10. The first-order chi connectivity index (χ1) is 18.2. The largest absolute Gasteiger partial charge is 0.307 e. The second kappa shape index (κ2) is 9.45. The van der Waals surface area contributed by atoms with Crippen molar-refractivity contribution in [3.8, 4) is 34.6 Å². The fourth-order valence-electron chi connectivity index (χ4n) is 5.03. The zero-order valence-corrected chi connectivity index (χ0v) is 20.4. The summed E-state index contributed by atoms with van der Waals surface area (Å²) < 4.78 is 2.19. The number of allylic oxidation sites excluding steroid dienone is 1. The molecule has 0 unspecified atom stereocenters. The molecule has 37 heavy (non-hydrogen) atoms. The monoisotopic (exact) mass is 468 g/mol. The second-order valence-corrected chi connectivity index (χ2v) is 9.03. The molecule has 1 radical (unpaired) electrons. The van der Waals surface area contributed by atoms with Crippen LogP contribution in [0.15, 0.2) is 120 Å². The van der Waals surface area contributed by atoms with E-state index in [9.17, 15) is 0 Å². The SMILES string of the molecule is C#C[C]=C=C=C=Cn1c2cc(-c3cccc(-c4cccc(C)c4)c3)ccc2c2ccc3ccccc3c21. The molecule has 5 aromatic carbocycles. The number of aromatic nitrogens is 1. The number of benzene rings is 5. The molecular formula is C36H22N. The minimum Gasteiger partial charge on any atom is -0.307 e. The quantitative estimate of drug-likeness (QED) is 0.180. The first kappa shape index (κ1) is 22.3. The highest BCUT2D eigenvalue weighted by Gasteiger charge is 2.13. The number of hydrogen-bond acceptors (Lipinski definition) is 0. The Morgan fingerprint density at radius 3 is 2.19 bits per heavy atom. The number of rotatable bonds is 3. The maximum absolute atomic E-state index is 5.24. The molecular weight excluding hydrogens is 446 g/mol. The fourth-order valence-corrected chi connectivity index (χ4v) is 5.03. The molecule has 0 aliphatic rings. The molecule has 0 atom stereocenters. The number of hydrogen-bond donors (Lipinski definition) is 0. The van der Waals surface area contributed by atoms with Gasteiger partial charge in [0.25, 0.3) is 0 Å². The Labute approximate surface area is 216 Å². The van der Waals surface area contributed by atoms with Gasteiger partial charge in [-0.2, -0.15) is 0 Å². The van der Waals surface area contributed by atoms with Crippen molar-refractivity contribution in [2.24, 2.45) is 0 Å². The van der Waals surface area contributed by atoms with Crippen LogP contribution in [-0.4, -0.2) is 4.57 Å². The zero-order chi connectivity index (χ0) is 25.2. The van der Waals surface area contributed by atoms with Crippen LogP contribution < -0.4 is 0 Å². The minimum atomic E-state index is 1.10. The van der Waals surface area contributed by atoms with E-state index in [1.807, 2.05) is 6.20 Å². The Bertz CT molecular complexity index is 2010. The topological polar surface area (TPSA) is 4.93 Å². The number of nitrogens with zero attached hydrogens (tertiary/aromatic N) is 1. The van der Waals surface area contributed by atoms with E-state index in [0.29, 0.717) is 0 Å². The van der Waals surface area contributed by atoms with E-state index in [1.54, 1.807) is 0 Å². The van der Waals surface area contributed by atoms with Crippen molar-refractivity contribution in [2.75, 3.05) is 0 Å². The molecule has 171 valence electrons. The summed E-state index contributed by atoms with van der Waals surface area (Å²) in [6.07, 6.45) is 9.69. The molecule has 1 heterocycles. The molecule has 0 spiro atoms. The molecule has 0 fully saturated rings. The van der Waals surface area contributed by atoms with E-state index >= 15 is 0 Å². The van der Waals surface area contributed by atoms with Crippen molar-refractivity contribution in [1.82, 2.24) is 4.57 Å². The van der Waals surface area contributed by atoms with Crippen molar-refractivity contribution in [3.05, 3.63) is 132 Å². The van der Waals surface area contributed by atoms with E-state index in [4.69, 9.17) is 6.42 Å². The van der Waals surface area contributed by atoms with Crippen LogP contribution in [0.5, 0.6) is 0 Å². The maximum Gasteiger partial charge on any atom is 0.0992 e. The third kappa shape index (κ3) is 4.11. The molecule has 0 aliphatic heterocycles. The molecule has 0 aliphatic carbocycles. The molecule has 0 saturated carbocycles. The van der Waals surface area contributed by atoms with Gasteiger partial charge in [0, 0.05) is 16.2 Å². The highest BCUT2D eigenvalue weighted by Crippen LogP contribution is 2.37. The van der Waals surface area contributed by atoms with Crippen LogP contribution in [-0.2, 0) is 0 Å². The van der Waals surface area contributed by atoms with Gasteiger partial charge in [0.15, 0.2) is 0 Å². The van der Waals surface area contributed by atoms with Gasteiger partial charge in [0.05, 0.1) is 23.3 Å². The standard InChI is InChI=1S/C36H22N/c1-3-4-5-6-9-22-37-35-25-31(30-16-11-15-29(24-30)28-14-10-12-26(2)23-28)19-20-33(35)34-21-18-27-13-7-8-17-32(27)36(34)37/h1,7-8,10-25H,2H3. The predicted molar refractivity (Wildman–Crippen MR) is 156 cm³/mol. The normalized spacial score (nSPS) is 10.5. The van der Waals surface area contributed by atoms with Gasteiger partial charge in [-0.15, -0.1) is 6.42 Å². The molecule has 6 aromatic rings. The van der Waals surface area contributed by atoms with Gasteiger partial charge in [-0.25, -0.2) is 0 Å². The molecule has 1 nitrogen and oxygen atoms in total. The summed E-state index contributed by atoms with van der Waals surface area (Å²) >= 11 is 0. The molecule has 1 heteroatoms. The average Bonchev–Trinajstić information content (AvgIpc) is 3.26. The zero-order valence-electron chi connectivity index (χ0n) is 20.4. The van der Waals surface area contributed by atoms with E-state index < -0.39 is 0 Å². The predicted octanol–water partition coefficient (Wildman–Crippen LogP) is 8.96. The number of aryl methyl sites for hydroxylation is 1. The van der Waals surface area contributed by atoms with Crippen LogP contribution in [0.1, 0.15) is 5.56 Å². The van der Waals surface area contributed by atoms with Gasteiger partial charge in [0.2, 0.25) is 0 Å². The Kier molecular flexibility index (Phi) is 5.69. The van der Waals surface area contributed by atoms with Crippen LogP contribution in [0.2, 0.25) is 0 Å². The highest BCUT2D eigenvalue weighted by atomic mass is 15.0. The number of fused-ring (bicyclic) bond motifs is 5. The lowest BCUT2D eigenvalue weighted by Gasteiger charge is -2.08. The summed E-state index contributed by atoms with van der Waals surface area (Å²) in [5.41, 5.74) is 16.9. The molecule has 0 bridgehead atoms.